The number of nitrogens with one attached hydrogen (secondary N) is 1. The van der Waals surface area contributed by atoms with Crippen LogP contribution in [0.2, 0.25) is 0 Å². The number of hydrogen-bond acceptors (Lipinski definition) is 1. The van der Waals surface area contributed by atoms with E-state index in [2.05, 4.69) is 21.2 Å². The zero-order chi connectivity index (χ0) is 19.3. The van der Waals surface area contributed by atoms with Crippen molar-refractivity contribution in [2.75, 3.05) is 5.32 Å². The zero-order valence-corrected chi connectivity index (χ0v) is 16.6. The number of hydrogen-bond donors (Lipinski definition) is 1. The minimum absolute atomic E-state index is 0.109. The molecule has 1 heterocycles. The Kier molecular flexibility index (Phi) is 4.88. The van der Waals surface area contributed by atoms with E-state index >= 15 is 0 Å². The summed E-state index contributed by atoms with van der Waals surface area (Å²) in [5, 5.41) is 3.60. The fourth-order valence-electron chi connectivity index (χ4n) is 3.24. The fourth-order valence-corrected chi connectivity index (χ4v) is 3.87. The molecule has 7 heteroatoms. The van der Waals surface area contributed by atoms with Gasteiger partial charge >= 0.3 is 6.18 Å². The molecule has 1 saturated carbocycles. The molecule has 3 rings (SSSR count). The highest BCUT2D eigenvalue weighted by Crippen LogP contribution is 2.45. The lowest BCUT2D eigenvalue weighted by Crippen LogP contribution is -2.24. The average Bonchev–Trinajstić information content (AvgIpc) is 2.68. The molecule has 0 saturated heterocycles. The summed E-state index contributed by atoms with van der Waals surface area (Å²) in [6.07, 6.45) is -1.23. The summed E-state index contributed by atoms with van der Waals surface area (Å²) in [5.74, 6) is 0.413. The van der Waals surface area contributed by atoms with Gasteiger partial charge in [-0.15, -0.1) is 0 Å². The van der Waals surface area contributed by atoms with Crippen LogP contribution in [0.4, 0.5) is 19.0 Å². The van der Waals surface area contributed by atoms with Gasteiger partial charge < -0.3 is 9.88 Å². The Balaban J connectivity index is 2.09. The van der Waals surface area contributed by atoms with Crippen LogP contribution in [0, 0.1) is 5.41 Å². The Morgan fingerprint density at radius 1 is 1.27 bits per heavy atom. The number of carbonyl (C=O) groups excluding carboxylic acids is 1. The predicted molar refractivity (Wildman–Crippen MR) is 100 cm³/mol. The smallest absolute Gasteiger partial charge is 0.323 e. The van der Waals surface area contributed by atoms with Gasteiger partial charge in [0.1, 0.15) is 5.82 Å². The normalized spacial score (nSPS) is 16.0. The summed E-state index contributed by atoms with van der Waals surface area (Å²) < 4.78 is 42.0. The molecule has 1 fully saturated rings. The molecule has 0 spiro atoms. The standard InChI is InChI=1S/C19H22BrF3N2O/c1-18(2,3)10-15(26)24-17-16(20)13-8-7-11(19(21,22)23)9-14(13)25(17)12-5-4-6-12/h7-9,12H,4-6,10H2,1-3H3,(H,24,26). The van der Waals surface area contributed by atoms with Crippen molar-refractivity contribution in [2.24, 2.45) is 5.41 Å². The van der Waals surface area contributed by atoms with Crippen molar-refractivity contribution >= 4 is 38.6 Å². The van der Waals surface area contributed by atoms with E-state index in [1.165, 1.54) is 12.1 Å². The van der Waals surface area contributed by atoms with Crippen LogP contribution in [-0.2, 0) is 11.0 Å². The van der Waals surface area contributed by atoms with Gasteiger partial charge in [0.05, 0.1) is 15.6 Å². The molecule has 1 amide bonds. The third-order valence-corrected chi connectivity index (χ3v) is 5.46. The first kappa shape index (κ1) is 19.3. The van der Waals surface area contributed by atoms with Crippen LogP contribution in [-0.4, -0.2) is 10.5 Å². The molecule has 3 nitrogen and oxygen atoms in total. The number of amides is 1. The van der Waals surface area contributed by atoms with Gasteiger partial charge in [0, 0.05) is 17.8 Å². The van der Waals surface area contributed by atoms with E-state index in [1.54, 1.807) is 0 Å². The van der Waals surface area contributed by atoms with Gasteiger partial charge in [-0.05, 0) is 52.7 Å². The van der Waals surface area contributed by atoms with Crippen LogP contribution in [0.15, 0.2) is 22.7 Å². The lowest BCUT2D eigenvalue weighted by atomic mass is 9.92. The molecule has 1 aromatic heterocycles. The molecular formula is C19H22BrF3N2O. The quantitative estimate of drug-likeness (QED) is 0.590. The SMILES string of the molecule is CC(C)(C)CC(=O)Nc1c(Br)c2ccc(C(F)(F)F)cc2n1C1CCC1. The third-order valence-electron chi connectivity index (χ3n) is 4.66. The number of benzene rings is 1. The van der Waals surface area contributed by atoms with Crippen LogP contribution in [0.1, 0.15) is 58.1 Å². The van der Waals surface area contributed by atoms with Crippen molar-refractivity contribution in [1.82, 2.24) is 4.57 Å². The van der Waals surface area contributed by atoms with Crippen LogP contribution < -0.4 is 5.32 Å². The molecule has 2 aromatic rings. The highest BCUT2D eigenvalue weighted by atomic mass is 79.9. The summed E-state index contributed by atoms with van der Waals surface area (Å²) >= 11 is 3.49. The van der Waals surface area contributed by atoms with Crippen LogP contribution in [0.25, 0.3) is 10.9 Å². The minimum Gasteiger partial charge on any atom is -0.323 e. The van der Waals surface area contributed by atoms with E-state index in [4.69, 9.17) is 0 Å². The molecule has 142 valence electrons. The molecule has 1 aliphatic rings. The monoisotopic (exact) mass is 430 g/mol. The van der Waals surface area contributed by atoms with Gasteiger partial charge in [0.15, 0.2) is 0 Å². The van der Waals surface area contributed by atoms with Crippen molar-refractivity contribution < 1.29 is 18.0 Å². The molecule has 0 radical (unpaired) electrons. The molecular weight excluding hydrogens is 409 g/mol. The number of alkyl halides is 3. The van der Waals surface area contributed by atoms with Crippen LogP contribution >= 0.6 is 15.9 Å². The van der Waals surface area contributed by atoms with E-state index in [0.29, 0.717) is 27.6 Å². The van der Waals surface area contributed by atoms with E-state index in [1.807, 2.05) is 25.3 Å². The zero-order valence-electron chi connectivity index (χ0n) is 15.0. The second kappa shape index (κ2) is 6.59. The maximum atomic E-state index is 13.2. The second-order valence-electron chi connectivity index (χ2n) is 8.13. The van der Waals surface area contributed by atoms with E-state index in [9.17, 15) is 18.0 Å². The van der Waals surface area contributed by atoms with E-state index in [-0.39, 0.29) is 17.4 Å². The molecule has 1 N–H and O–H groups in total. The Hall–Kier alpha value is -1.50. The maximum Gasteiger partial charge on any atom is 0.416 e. The van der Waals surface area contributed by atoms with Gasteiger partial charge in [0.2, 0.25) is 5.91 Å². The predicted octanol–water partition coefficient (Wildman–Crippen LogP) is 6.52. The van der Waals surface area contributed by atoms with Gasteiger partial charge in [-0.2, -0.15) is 13.2 Å². The third kappa shape index (κ3) is 3.77. The van der Waals surface area contributed by atoms with Gasteiger partial charge in [-0.25, -0.2) is 0 Å². The van der Waals surface area contributed by atoms with E-state index in [0.717, 1.165) is 25.3 Å². The first-order valence-electron chi connectivity index (χ1n) is 8.68. The number of anilines is 1. The summed E-state index contributed by atoms with van der Waals surface area (Å²) in [4.78, 5) is 12.4. The van der Waals surface area contributed by atoms with Gasteiger partial charge in [0.25, 0.3) is 0 Å². The van der Waals surface area contributed by atoms with E-state index < -0.39 is 11.7 Å². The lowest BCUT2D eigenvalue weighted by molar-refractivity contribution is -0.137. The Morgan fingerprint density at radius 2 is 1.92 bits per heavy atom. The van der Waals surface area contributed by atoms with Crippen molar-refractivity contribution in [3.8, 4) is 0 Å². The number of aromatic nitrogens is 1. The fraction of sp³-hybridized carbons (Fsp3) is 0.526. The summed E-state index contributed by atoms with van der Waals surface area (Å²) in [6, 6.07) is 3.84. The molecule has 0 unspecified atom stereocenters. The average molecular weight is 431 g/mol. The largest absolute Gasteiger partial charge is 0.416 e. The van der Waals surface area contributed by atoms with Crippen LogP contribution in [0.3, 0.4) is 0 Å². The minimum atomic E-state index is -4.40. The van der Waals surface area contributed by atoms with Gasteiger partial charge in [-0.3, -0.25) is 4.79 Å². The number of fused-ring (bicyclic) bond motifs is 1. The molecule has 1 aromatic carbocycles. The Labute approximate surface area is 159 Å². The van der Waals surface area contributed by atoms with Crippen molar-refractivity contribution in [3.05, 3.63) is 28.2 Å². The number of carbonyl (C=O) groups is 1. The highest BCUT2D eigenvalue weighted by Gasteiger charge is 2.33. The molecule has 26 heavy (non-hydrogen) atoms. The Morgan fingerprint density at radius 3 is 2.42 bits per heavy atom. The molecule has 1 aliphatic carbocycles. The van der Waals surface area contributed by atoms with Crippen molar-refractivity contribution in [2.45, 2.75) is 58.7 Å². The van der Waals surface area contributed by atoms with Gasteiger partial charge in [-0.1, -0.05) is 26.8 Å². The van der Waals surface area contributed by atoms with Crippen molar-refractivity contribution in [3.63, 3.8) is 0 Å². The topological polar surface area (TPSA) is 34.0 Å². The number of nitrogens with zero attached hydrogens (tertiary/aromatic N) is 1. The summed E-state index contributed by atoms with van der Waals surface area (Å²) in [5.41, 5.74) is -0.349. The van der Waals surface area contributed by atoms with Crippen molar-refractivity contribution in [1.29, 1.82) is 0 Å². The lowest BCUT2D eigenvalue weighted by Gasteiger charge is -2.30. The summed E-state index contributed by atoms with van der Waals surface area (Å²) in [6.45, 7) is 5.91. The maximum absolute atomic E-state index is 13.2. The first-order chi connectivity index (χ1) is 12.0. The summed E-state index contributed by atoms with van der Waals surface area (Å²) in [7, 11) is 0. The van der Waals surface area contributed by atoms with Crippen LogP contribution in [0.5, 0.6) is 0 Å². The highest BCUT2D eigenvalue weighted by molar-refractivity contribution is 9.10. The molecule has 0 atom stereocenters. The molecule has 0 bridgehead atoms. The molecule has 0 aliphatic heterocycles. The second-order valence-corrected chi connectivity index (χ2v) is 8.93. The Bertz CT molecular complexity index is 845. The number of halogens is 4. The first-order valence-corrected chi connectivity index (χ1v) is 9.47. The number of rotatable bonds is 3.